The molecular weight excluding hydrogens is 297 g/mol. The summed E-state index contributed by atoms with van der Waals surface area (Å²) in [6, 6.07) is 6.34. The van der Waals surface area contributed by atoms with Gasteiger partial charge in [-0.15, -0.1) is 0 Å². The van der Waals surface area contributed by atoms with Gasteiger partial charge in [0.1, 0.15) is 11.2 Å². The van der Waals surface area contributed by atoms with Gasteiger partial charge in [0, 0.05) is 18.7 Å². The van der Waals surface area contributed by atoms with Crippen molar-refractivity contribution in [3.63, 3.8) is 0 Å². The van der Waals surface area contributed by atoms with Crippen LogP contribution in [0.3, 0.4) is 0 Å². The van der Waals surface area contributed by atoms with E-state index in [-0.39, 0.29) is 11.4 Å². The first-order valence-corrected chi connectivity index (χ1v) is 7.38. The van der Waals surface area contributed by atoms with Crippen LogP contribution in [0, 0.1) is 5.82 Å². The van der Waals surface area contributed by atoms with E-state index in [4.69, 9.17) is 0 Å². The fourth-order valence-corrected chi connectivity index (χ4v) is 2.86. The summed E-state index contributed by atoms with van der Waals surface area (Å²) in [5, 5.41) is 7.86. The van der Waals surface area contributed by atoms with Gasteiger partial charge in [0.15, 0.2) is 5.65 Å². The van der Waals surface area contributed by atoms with Gasteiger partial charge in [-0.05, 0) is 25.1 Å². The topological polar surface area (TPSA) is 64.7 Å². The maximum absolute atomic E-state index is 13.5. The van der Waals surface area contributed by atoms with Crippen molar-refractivity contribution in [1.29, 1.82) is 0 Å². The molecule has 4 rings (SSSR count). The third kappa shape index (κ3) is 2.04. The maximum Gasteiger partial charge on any atom is 0.285 e. The summed E-state index contributed by atoms with van der Waals surface area (Å²) in [5.41, 5.74) is 1.82. The normalized spacial score (nSPS) is 13.2. The zero-order valence-electron chi connectivity index (χ0n) is 12.5. The van der Waals surface area contributed by atoms with Gasteiger partial charge >= 0.3 is 0 Å². The van der Waals surface area contributed by atoms with E-state index >= 15 is 0 Å². The number of nitrogens with one attached hydrogen (secondary N) is 1. The molecule has 0 fully saturated rings. The van der Waals surface area contributed by atoms with Crippen molar-refractivity contribution in [2.24, 2.45) is 0 Å². The van der Waals surface area contributed by atoms with Crippen LogP contribution < -0.4 is 10.9 Å². The molecular formula is C16H14FN5O. The molecule has 3 heterocycles. The number of aromatic nitrogens is 4. The first-order chi connectivity index (χ1) is 11.2. The Morgan fingerprint density at radius 2 is 2.26 bits per heavy atom. The van der Waals surface area contributed by atoms with Gasteiger partial charge < -0.3 is 5.32 Å². The molecule has 23 heavy (non-hydrogen) atoms. The fraction of sp³-hybridized carbons (Fsp3) is 0.188. The van der Waals surface area contributed by atoms with Crippen LogP contribution >= 0.6 is 0 Å². The van der Waals surface area contributed by atoms with Gasteiger partial charge in [-0.1, -0.05) is 12.1 Å². The number of anilines is 1. The zero-order chi connectivity index (χ0) is 16.0. The summed E-state index contributed by atoms with van der Waals surface area (Å²) in [6.07, 6.45) is 3.45. The number of benzene rings is 1. The summed E-state index contributed by atoms with van der Waals surface area (Å²) in [7, 11) is 0. The molecule has 7 heteroatoms. The molecule has 1 N–H and O–H groups in total. The second-order valence-electron chi connectivity index (χ2n) is 5.27. The van der Waals surface area contributed by atoms with Crippen LogP contribution in [0.25, 0.3) is 16.7 Å². The smallest absolute Gasteiger partial charge is 0.285 e. The average Bonchev–Trinajstić information content (AvgIpc) is 2.98. The largest absolute Gasteiger partial charge is 0.356 e. The van der Waals surface area contributed by atoms with Crippen LogP contribution in [0.2, 0.25) is 0 Å². The highest BCUT2D eigenvalue weighted by Crippen LogP contribution is 2.27. The lowest BCUT2D eigenvalue weighted by Gasteiger charge is -2.21. The minimum absolute atomic E-state index is 0.308. The number of rotatable bonds is 3. The molecule has 1 aliphatic heterocycles. The highest BCUT2D eigenvalue weighted by molar-refractivity contribution is 5.83. The number of allylic oxidation sites excluding steroid dienone is 1. The Morgan fingerprint density at radius 3 is 3.04 bits per heavy atom. The first kappa shape index (κ1) is 13.7. The van der Waals surface area contributed by atoms with Gasteiger partial charge in [0.2, 0.25) is 5.95 Å². The molecule has 116 valence electrons. The highest BCUT2D eigenvalue weighted by Gasteiger charge is 2.21. The molecule has 0 saturated carbocycles. The van der Waals surface area contributed by atoms with Crippen molar-refractivity contribution in [1.82, 2.24) is 19.3 Å². The van der Waals surface area contributed by atoms with Crippen molar-refractivity contribution >= 4 is 22.7 Å². The molecule has 0 aliphatic carbocycles. The fourth-order valence-electron chi connectivity index (χ4n) is 2.86. The van der Waals surface area contributed by atoms with Crippen LogP contribution in [-0.4, -0.2) is 25.9 Å². The summed E-state index contributed by atoms with van der Waals surface area (Å²) in [4.78, 5) is 16.3. The van der Waals surface area contributed by atoms with E-state index in [0.717, 1.165) is 11.3 Å². The lowest BCUT2D eigenvalue weighted by atomic mass is 10.1. The third-order valence-corrected chi connectivity index (χ3v) is 3.84. The van der Waals surface area contributed by atoms with Crippen molar-refractivity contribution in [2.75, 3.05) is 11.9 Å². The molecule has 2 aromatic heterocycles. The molecule has 1 aromatic carbocycles. The Labute approximate surface area is 130 Å². The quantitative estimate of drug-likeness (QED) is 0.804. The monoisotopic (exact) mass is 311 g/mol. The second-order valence-corrected chi connectivity index (χ2v) is 5.27. The summed E-state index contributed by atoms with van der Waals surface area (Å²) in [5.74, 6) is 0.208. The summed E-state index contributed by atoms with van der Waals surface area (Å²) in [6.45, 7) is 3.13. The molecule has 3 aromatic rings. The predicted molar refractivity (Wildman–Crippen MR) is 85.7 cm³/mol. The van der Waals surface area contributed by atoms with Crippen molar-refractivity contribution in [3.8, 4) is 0 Å². The van der Waals surface area contributed by atoms with Crippen molar-refractivity contribution < 1.29 is 4.39 Å². The number of hydrogen-bond donors (Lipinski definition) is 1. The molecule has 0 amide bonds. The maximum atomic E-state index is 13.5. The molecule has 0 atom stereocenters. The van der Waals surface area contributed by atoms with Gasteiger partial charge in [-0.3, -0.25) is 9.36 Å². The Bertz CT molecular complexity index is 1000. The second kappa shape index (κ2) is 5.05. The van der Waals surface area contributed by atoms with Crippen molar-refractivity contribution in [2.45, 2.75) is 13.5 Å². The molecule has 0 bridgehead atoms. The molecule has 6 nitrogen and oxygen atoms in total. The molecule has 0 unspecified atom stereocenters. The first-order valence-electron chi connectivity index (χ1n) is 7.38. The average molecular weight is 311 g/mol. The van der Waals surface area contributed by atoms with E-state index in [2.05, 4.69) is 15.4 Å². The van der Waals surface area contributed by atoms with Gasteiger partial charge in [0.05, 0.1) is 11.9 Å². The Balaban J connectivity index is 1.97. The summed E-state index contributed by atoms with van der Waals surface area (Å²) < 4.78 is 17.1. The number of hydrogen-bond acceptors (Lipinski definition) is 4. The van der Waals surface area contributed by atoms with Gasteiger partial charge in [-0.25, -0.2) is 9.07 Å². The van der Waals surface area contributed by atoms with Crippen LogP contribution in [-0.2, 0) is 6.54 Å². The van der Waals surface area contributed by atoms with E-state index in [1.807, 2.05) is 23.6 Å². The minimum Gasteiger partial charge on any atom is -0.356 e. The Hall–Kier alpha value is -2.96. The standard InChI is InChI=1S/C16H14FN5O/c1-2-18-16-20-14(23)12-9-19-22-13(6-7-21(16)15(12)22)10-4-3-5-11(17)8-10/h3-6,8-9H,2,7H2,1H3,(H,18,20,23). The van der Waals surface area contributed by atoms with Crippen LogP contribution in [0.15, 0.2) is 41.3 Å². The number of halogens is 1. The third-order valence-electron chi connectivity index (χ3n) is 3.84. The molecule has 0 radical (unpaired) electrons. The Morgan fingerprint density at radius 1 is 1.39 bits per heavy atom. The van der Waals surface area contributed by atoms with E-state index in [0.29, 0.717) is 30.1 Å². The van der Waals surface area contributed by atoms with Gasteiger partial charge in [0.25, 0.3) is 5.56 Å². The Kier molecular flexibility index (Phi) is 3.00. The zero-order valence-corrected chi connectivity index (χ0v) is 12.5. The van der Waals surface area contributed by atoms with E-state index in [1.54, 1.807) is 10.7 Å². The highest BCUT2D eigenvalue weighted by atomic mass is 19.1. The van der Waals surface area contributed by atoms with E-state index in [1.165, 1.54) is 18.3 Å². The van der Waals surface area contributed by atoms with Crippen LogP contribution in [0.1, 0.15) is 12.5 Å². The minimum atomic E-state index is -0.320. The lowest BCUT2D eigenvalue weighted by molar-refractivity contribution is 0.627. The van der Waals surface area contributed by atoms with Gasteiger partial charge in [-0.2, -0.15) is 10.1 Å². The van der Waals surface area contributed by atoms with E-state index in [9.17, 15) is 9.18 Å². The predicted octanol–water partition coefficient (Wildman–Crippen LogP) is 2.07. The molecule has 0 saturated heterocycles. The van der Waals surface area contributed by atoms with Crippen LogP contribution in [0.4, 0.5) is 10.3 Å². The summed E-state index contributed by atoms with van der Waals surface area (Å²) >= 11 is 0. The molecule has 0 spiro atoms. The molecule has 1 aliphatic rings. The van der Waals surface area contributed by atoms with E-state index < -0.39 is 0 Å². The van der Waals surface area contributed by atoms with Crippen LogP contribution in [0.5, 0.6) is 0 Å². The van der Waals surface area contributed by atoms with Crippen molar-refractivity contribution in [3.05, 3.63) is 58.3 Å². The number of nitrogens with zero attached hydrogens (tertiary/aromatic N) is 4. The lowest BCUT2D eigenvalue weighted by Crippen LogP contribution is -2.22. The SMILES string of the molecule is CCNc1nc(=O)c2cnn3c2n1CC=C3c1cccc(F)c1.